The van der Waals surface area contributed by atoms with Gasteiger partial charge >= 0.3 is 5.97 Å². The second-order valence-electron chi connectivity index (χ2n) is 14.3. The molecule has 0 aliphatic heterocycles. The normalized spacial score (nSPS) is 14.0. The van der Waals surface area contributed by atoms with Gasteiger partial charge in [-0.25, -0.2) is 4.39 Å². The number of pyridine rings is 1. The van der Waals surface area contributed by atoms with Gasteiger partial charge in [0.25, 0.3) is 8.32 Å². The molecule has 4 aromatic carbocycles. The van der Waals surface area contributed by atoms with E-state index >= 15 is 0 Å². The maximum atomic E-state index is 14.8. The van der Waals surface area contributed by atoms with Crippen LogP contribution in [0.25, 0.3) is 28.5 Å². The summed E-state index contributed by atoms with van der Waals surface area (Å²) in [6.45, 7) is 10.4. The number of carboxylic acids is 1. The Bertz CT molecular complexity index is 1990. The van der Waals surface area contributed by atoms with E-state index < -0.39 is 32.8 Å². The first kappa shape index (κ1) is 38.8. The van der Waals surface area contributed by atoms with Crippen LogP contribution in [-0.4, -0.2) is 43.8 Å². The second kappa shape index (κ2) is 16.5. The van der Waals surface area contributed by atoms with E-state index in [1.807, 2.05) is 111 Å². The van der Waals surface area contributed by atoms with Gasteiger partial charge in [0.05, 0.1) is 30.1 Å². The van der Waals surface area contributed by atoms with Crippen molar-refractivity contribution in [3.63, 3.8) is 0 Å². The van der Waals surface area contributed by atoms with Gasteiger partial charge in [0.15, 0.2) is 0 Å². The van der Waals surface area contributed by atoms with Crippen molar-refractivity contribution in [2.24, 2.45) is 0 Å². The molecular weight excluding hydrogens is 689 g/mol. The average Bonchev–Trinajstić information content (AvgIpc) is 3.13. The fourth-order valence-electron chi connectivity index (χ4n) is 6.76. The molecule has 5 rings (SSSR count). The van der Waals surface area contributed by atoms with Crippen molar-refractivity contribution in [2.45, 2.75) is 58.1 Å². The van der Waals surface area contributed by atoms with Gasteiger partial charge in [-0.3, -0.25) is 14.3 Å². The van der Waals surface area contributed by atoms with Crippen LogP contribution in [0.1, 0.15) is 58.2 Å². The van der Waals surface area contributed by atoms with Crippen molar-refractivity contribution in [1.29, 1.82) is 0 Å². The summed E-state index contributed by atoms with van der Waals surface area (Å²) < 4.78 is 41.8. The molecule has 270 valence electrons. The van der Waals surface area contributed by atoms with Crippen molar-refractivity contribution < 1.29 is 27.8 Å². The molecule has 0 aliphatic rings. The summed E-state index contributed by atoms with van der Waals surface area (Å²) >= 11 is 0. The standard InChI is InChI=1S/C43H47FNO5PSi/c1-31(2)42-38(39(32-22-24-34(44)25-23-32)29-40(45-42)33-16-10-7-11-17-33)26-27-51(48,49-6)30-35(28-41(46)47)50-52(43(3,4)5,36-18-12-8-13-19-36)37-20-14-9-15-21-37/h7-27,29,31,35H,28,30H2,1-6H3,(H,46,47)/b27-26+/t35-,51?/m0/s1. The first-order valence-electron chi connectivity index (χ1n) is 17.5. The van der Waals surface area contributed by atoms with Crippen molar-refractivity contribution in [2.75, 3.05) is 13.3 Å². The monoisotopic (exact) mass is 735 g/mol. The smallest absolute Gasteiger partial charge is 0.305 e. The van der Waals surface area contributed by atoms with Crippen LogP contribution in [0.5, 0.6) is 0 Å². The minimum Gasteiger partial charge on any atom is -0.481 e. The number of carboxylic acid groups (broad SMARTS) is 1. The number of rotatable bonds is 14. The average molecular weight is 736 g/mol. The van der Waals surface area contributed by atoms with E-state index in [2.05, 4.69) is 20.8 Å². The maximum absolute atomic E-state index is 14.8. The van der Waals surface area contributed by atoms with Crippen LogP contribution < -0.4 is 10.4 Å². The quantitative estimate of drug-likeness (QED) is 0.0903. The molecule has 1 aromatic heterocycles. The first-order chi connectivity index (χ1) is 24.8. The molecule has 0 radical (unpaired) electrons. The lowest BCUT2D eigenvalue weighted by Gasteiger charge is -2.45. The van der Waals surface area contributed by atoms with Crippen LogP contribution in [0, 0.1) is 5.82 Å². The largest absolute Gasteiger partial charge is 0.481 e. The predicted molar refractivity (Wildman–Crippen MR) is 212 cm³/mol. The highest BCUT2D eigenvalue weighted by molar-refractivity contribution is 7.62. The molecule has 0 amide bonds. The van der Waals surface area contributed by atoms with Gasteiger partial charge in [0, 0.05) is 24.1 Å². The molecule has 0 fully saturated rings. The van der Waals surface area contributed by atoms with Gasteiger partial charge in [-0.1, -0.05) is 138 Å². The van der Waals surface area contributed by atoms with Crippen molar-refractivity contribution >= 4 is 38.1 Å². The molecular formula is C43H47FNO5PSi. The Kier molecular flexibility index (Phi) is 12.3. The summed E-state index contributed by atoms with van der Waals surface area (Å²) in [6, 6.07) is 38.0. The predicted octanol–water partition coefficient (Wildman–Crippen LogP) is 9.99. The fraction of sp³-hybridized carbons (Fsp3) is 0.256. The molecule has 0 bridgehead atoms. The summed E-state index contributed by atoms with van der Waals surface area (Å²) in [6.07, 6.45) is 0.298. The Labute approximate surface area is 308 Å². The van der Waals surface area contributed by atoms with Gasteiger partial charge in [0.1, 0.15) is 5.82 Å². The molecule has 2 atom stereocenters. The van der Waals surface area contributed by atoms with Crippen LogP contribution in [0.2, 0.25) is 5.04 Å². The number of benzene rings is 4. The Morgan fingerprint density at radius 1 is 0.865 bits per heavy atom. The Morgan fingerprint density at radius 2 is 1.40 bits per heavy atom. The number of halogens is 1. The molecule has 1 unspecified atom stereocenters. The Morgan fingerprint density at radius 3 is 1.88 bits per heavy atom. The van der Waals surface area contributed by atoms with Crippen LogP contribution in [0.15, 0.2) is 127 Å². The number of aromatic nitrogens is 1. The van der Waals surface area contributed by atoms with Gasteiger partial charge in [-0.15, -0.1) is 0 Å². The van der Waals surface area contributed by atoms with Crippen LogP contribution in [0.4, 0.5) is 4.39 Å². The van der Waals surface area contributed by atoms with E-state index in [1.165, 1.54) is 19.2 Å². The van der Waals surface area contributed by atoms with E-state index in [9.17, 15) is 18.9 Å². The summed E-state index contributed by atoms with van der Waals surface area (Å²) in [5.41, 5.74) is 4.75. The van der Waals surface area contributed by atoms with E-state index in [-0.39, 0.29) is 24.3 Å². The van der Waals surface area contributed by atoms with E-state index in [4.69, 9.17) is 13.9 Å². The number of hydrogen-bond acceptors (Lipinski definition) is 5. The van der Waals surface area contributed by atoms with Crippen molar-refractivity contribution in [1.82, 2.24) is 4.98 Å². The minimum atomic E-state index is -3.67. The van der Waals surface area contributed by atoms with Crippen LogP contribution >= 0.6 is 7.37 Å². The summed E-state index contributed by atoms with van der Waals surface area (Å²) in [5.74, 6) is 0.115. The van der Waals surface area contributed by atoms with Gasteiger partial charge in [-0.05, 0) is 56.7 Å². The Balaban J connectivity index is 1.63. The molecule has 9 heteroatoms. The first-order valence-corrected chi connectivity index (χ1v) is 21.3. The number of carbonyl (C=O) groups is 1. The van der Waals surface area contributed by atoms with Gasteiger partial charge in [0.2, 0.25) is 7.37 Å². The fourth-order valence-corrected chi connectivity index (χ4v) is 13.1. The highest BCUT2D eigenvalue weighted by Crippen LogP contribution is 2.51. The van der Waals surface area contributed by atoms with Gasteiger partial charge in [-0.2, -0.15) is 0 Å². The number of nitrogens with zero attached hydrogens (tertiary/aromatic N) is 1. The SMILES string of the molecule is COP(=O)(/C=C/c1c(-c2ccc(F)cc2)cc(-c2ccccc2)nc1C(C)C)C[C@H](CC(=O)O)O[Si](c1ccccc1)(c1ccccc1)C(C)(C)C. The van der Waals surface area contributed by atoms with Crippen LogP contribution in [-0.2, 0) is 18.3 Å². The molecule has 0 spiro atoms. The van der Waals surface area contributed by atoms with Crippen LogP contribution in [0.3, 0.4) is 0 Å². The summed E-state index contributed by atoms with van der Waals surface area (Å²) in [4.78, 5) is 17.5. The highest BCUT2D eigenvalue weighted by atomic mass is 31.2. The second-order valence-corrected chi connectivity index (χ2v) is 21.0. The zero-order chi connectivity index (χ0) is 37.5. The third-order valence-electron chi connectivity index (χ3n) is 9.26. The van der Waals surface area contributed by atoms with E-state index in [0.717, 1.165) is 44.0 Å². The molecule has 5 aromatic rings. The molecule has 0 saturated heterocycles. The van der Waals surface area contributed by atoms with E-state index in [1.54, 1.807) is 24.0 Å². The minimum absolute atomic E-state index is 0.0253. The van der Waals surface area contributed by atoms with E-state index in [0.29, 0.717) is 0 Å². The van der Waals surface area contributed by atoms with Crippen molar-refractivity contribution in [3.05, 3.63) is 144 Å². The lowest BCUT2D eigenvalue weighted by molar-refractivity contribution is -0.138. The molecule has 1 N–H and O–H groups in total. The van der Waals surface area contributed by atoms with Crippen molar-refractivity contribution in [3.8, 4) is 22.4 Å². The number of hydrogen-bond donors (Lipinski definition) is 1. The zero-order valence-electron chi connectivity index (χ0n) is 30.6. The topological polar surface area (TPSA) is 85.7 Å². The van der Waals surface area contributed by atoms with Gasteiger partial charge < -0.3 is 14.1 Å². The number of aliphatic carboxylic acids is 1. The molecule has 0 saturated carbocycles. The third kappa shape index (κ3) is 8.76. The lowest BCUT2D eigenvalue weighted by atomic mass is 9.92. The summed E-state index contributed by atoms with van der Waals surface area (Å²) in [5, 5.41) is 11.7. The molecule has 52 heavy (non-hydrogen) atoms. The highest BCUT2D eigenvalue weighted by Gasteiger charge is 2.52. The molecule has 6 nitrogen and oxygen atoms in total. The summed E-state index contributed by atoms with van der Waals surface area (Å²) in [7, 11) is -5.49. The zero-order valence-corrected chi connectivity index (χ0v) is 32.5. The molecule has 0 aliphatic carbocycles. The third-order valence-corrected chi connectivity index (χ3v) is 16.5. The lowest BCUT2D eigenvalue weighted by Crippen LogP contribution is -2.68. The maximum Gasteiger partial charge on any atom is 0.305 e. The Hall–Kier alpha value is -4.46. The molecule has 1 heterocycles.